The number of nitrogens with one attached hydrogen (secondary N) is 1. The Morgan fingerprint density at radius 1 is 1.07 bits per heavy atom. The predicted octanol–water partition coefficient (Wildman–Crippen LogP) is 2.86. The SMILES string of the molecule is CN(C)C1(CNC(=O)c2cccc(S(=O)(=O)N3CCCCCC3)c2)CCCC1. The quantitative estimate of drug-likeness (QED) is 0.787. The number of likely N-dealkylation sites (N-methyl/N-ethyl adjacent to an activating group) is 1. The summed E-state index contributed by atoms with van der Waals surface area (Å²) in [5.41, 5.74) is 0.411. The van der Waals surface area contributed by atoms with Crippen LogP contribution in [0.4, 0.5) is 0 Å². The maximum Gasteiger partial charge on any atom is 0.251 e. The minimum Gasteiger partial charge on any atom is -0.350 e. The van der Waals surface area contributed by atoms with Crippen molar-refractivity contribution in [3.63, 3.8) is 0 Å². The molecule has 1 aliphatic carbocycles. The Bertz CT molecular complexity index is 778. The van der Waals surface area contributed by atoms with Gasteiger partial charge in [0, 0.05) is 30.7 Å². The number of carbonyl (C=O) groups excluding carboxylic acids is 1. The van der Waals surface area contributed by atoms with Crippen molar-refractivity contribution in [2.24, 2.45) is 0 Å². The molecule has 156 valence electrons. The molecule has 0 radical (unpaired) electrons. The minimum atomic E-state index is -3.55. The second-order valence-electron chi connectivity index (χ2n) is 8.35. The highest BCUT2D eigenvalue weighted by Crippen LogP contribution is 2.33. The Morgan fingerprint density at radius 3 is 2.32 bits per heavy atom. The third-order valence-corrected chi connectivity index (χ3v) is 8.25. The molecule has 2 fully saturated rings. The summed E-state index contributed by atoms with van der Waals surface area (Å²) in [5, 5.41) is 3.04. The normalized spacial score (nSPS) is 20.8. The molecule has 1 aliphatic heterocycles. The van der Waals surface area contributed by atoms with E-state index >= 15 is 0 Å². The lowest BCUT2D eigenvalue weighted by Gasteiger charge is -2.36. The molecule has 28 heavy (non-hydrogen) atoms. The number of amides is 1. The first-order valence-corrected chi connectivity index (χ1v) is 11.9. The molecule has 0 unspecified atom stereocenters. The molecule has 0 bridgehead atoms. The van der Waals surface area contributed by atoms with Gasteiger partial charge in [0.05, 0.1) is 4.90 Å². The Kier molecular flexibility index (Phi) is 6.78. The smallest absolute Gasteiger partial charge is 0.251 e. The highest BCUT2D eigenvalue weighted by molar-refractivity contribution is 7.89. The van der Waals surface area contributed by atoms with Crippen LogP contribution in [0.3, 0.4) is 0 Å². The van der Waals surface area contributed by atoms with E-state index < -0.39 is 10.0 Å². The number of hydrogen-bond donors (Lipinski definition) is 1. The van der Waals surface area contributed by atoms with Gasteiger partial charge in [-0.25, -0.2) is 8.42 Å². The number of nitrogens with zero attached hydrogens (tertiary/aromatic N) is 2. The number of carbonyl (C=O) groups is 1. The largest absolute Gasteiger partial charge is 0.350 e. The van der Waals surface area contributed by atoms with Gasteiger partial charge in [0.2, 0.25) is 10.0 Å². The van der Waals surface area contributed by atoms with Crippen molar-refractivity contribution in [2.75, 3.05) is 33.7 Å². The maximum absolute atomic E-state index is 13.0. The van der Waals surface area contributed by atoms with E-state index in [4.69, 9.17) is 0 Å². The molecule has 1 aromatic carbocycles. The lowest BCUT2D eigenvalue weighted by molar-refractivity contribution is 0.0900. The van der Waals surface area contributed by atoms with Gasteiger partial charge in [0.1, 0.15) is 0 Å². The average Bonchev–Trinajstić information content (AvgIpc) is 3.00. The highest BCUT2D eigenvalue weighted by atomic mass is 32.2. The van der Waals surface area contributed by atoms with Crippen molar-refractivity contribution in [3.05, 3.63) is 29.8 Å². The van der Waals surface area contributed by atoms with Crippen molar-refractivity contribution in [2.45, 2.75) is 61.8 Å². The average molecular weight is 408 g/mol. The fourth-order valence-corrected chi connectivity index (χ4v) is 5.95. The first-order valence-electron chi connectivity index (χ1n) is 10.4. The van der Waals surface area contributed by atoms with Crippen LogP contribution in [0.5, 0.6) is 0 Å². The molecule has 3 rings (SSSR count). The van der Waals surface area contributed by atoms with Crippen LogP contribution in [-0.2, 0) is 10.0 Å². The lowest BCUT2D eigenvalue weighted by Crippen LogP contribution is -2.50. The molecule has 1 amide bonds. The third kappa shape index (κ3) is 4.58. The summed E-state index contributed by atoms with van der Waals surface area (Å²) in [4.78, 5) is 15.2. The summed E-state index contributed by atoms with van der Waals surface area (Å²) in [6.45, 7) is 1.70. The zero-order valence-electron chi connectivity index (χ0n) is 17.1. The minimum absolute atomic E-state index is 0.00535. The van der Waals surface area contributed by atoms with Gasteiger partial charge in [-0.1, -0.05) is 31.7 Å². The van der Waals surface area contributed by atoms with Crippen molar-refractivity contribution < 1.29 is 13.2 Å². The van der Waals surface area contributed by atoms with Gasteiger partial charge in [-0.2, -0.15) is 4.31 Å². The van der Waals surface area contributed by atoms with Crippen molar-refractivity contribution in [3.8, 4) is 0 Å². The molecule has 6 nitrogen and oxygen atoms in total. The highest BCUT2D eigenvalue weighted by Gasteiger charge is 2.36. The van der Waals surface area contributed by atoms with E-state index in [0.29, 0.717) is 25.2 Å². The molecular formula is C21H33N3O3S. The zero-order chi connectivity index (χ0) is 20.2. The van der Waals surface area contributed by atoms with Gasteiger partial charge in [-0.15, -0.1) is 0 Å². The molecule has 7 heteroatoms. The third-order valence-electron chi connectivity index (χ3n) is 6.36. The number of hydrogen-bond acceptors (Lipinski definition) is 4. The van der Waals surface area contributed by atoms with Crippen LogP contribution >= 0.6 is 0 Å². The van der Waals surface area contributed by atoms with Gasteiger partial charge < -0.3 is 10.2 Å². The number of benzene rings is 1. The van der Waals surface area contributed by atoms with Crippen LogP contribution in [0.15, 0.2) is 29.2 Å². The van der Waals surface area contributed by atoms with Crippen LogP contribution in [0.25, 0.3) is 0 Å². The van der Waals surface area contributed by atoms with Crippen LogP contribution in [0.1, 0.15) is 61.7 Å². The molecule has 2 aliphatic rings. The van der Waals surface area contributed by atoms with E-state index in [9.17, 15) is 13.2 Å². The van der Waals surface area contributed by atoms with Gasteiger partial charge in [0.15, 0.2) is 0 Å². The molecule has 1 saturated carbocycles. The first-order chi connectivity index (χ1) is 13.3. The molecule has 0 aromatic heterocycles. The van der Waals surface area contributed by atoms with Crippen LogP contribution < -0.4 is 5.32 Å². The fraction of sp³-hybridized carbons (Fsp3) is 0.667. The molecular weight excluding hydrogens is 374 g/mol. The Hall–Kier alpha value is -1.44. The van der Waals surface area contributed by atoms with E-state index in [1.165, 1.54) is 18.9 Å². The maximum atomic E-state index is 13.0. The molecule has 1 heterocycles. The first kappa shape index (κ1) is 21.3. The summed E-state index contributed by atoms with van der Waals surface area (Å²) in [6.07, 6.45) is 8.44. The van der Waals surface area contributed by atoms with E-state index in [0.717, 1.165) is 38.5 Å². The molecule has 0 atom stereocenters. The zero-order valence-corrected chi connectivity index (χ0v) is 17.9. The van der Waals surface area contributed by atoms with Crippen LogP contribution in [0, 0.1) is 0 Å². The van der Waals surface area contributed by atoms with Gasteiger partial charge in [-0.3, -0.25) is 4.79 Å². The van der Waals surface area contributed by atoms with E-state index in [-0.39, 0.29) is 16.3 Å². The second kappa shape index (κ2) is 8.93. The Balaban J connectivity index is 1.72. The van der Waals surface area contributed by atoms with E-state index in [2.05, 4.69) is 24.3 Å². The van der Waals surface area contributed by atoms with Crippen LogP contribution in [0.2, 0.25) is 0 Å². The predicted molar refractivity (Wildman–Crippen MR) is 111 cm³/mol. The molecule has 0 spiro atoms. The van der Waals surface area contributed by atoms with Crippen molar-refractivity contribution in [1.82, 2.24) is 14.5 Å². The topological polar surface area (TPSA) is 69.7 Å². The Morgan fingerprint density at radius 2 is 1.71 bits per heavy atom. The molecule has 1 N–H and O–H groups in total. The summed E-state index contributed by atoms with van der Waals surface area (Å²) >= 11 is 0. The number of sulfonamides is 1. The lowest BCUT2D eigenvalue weighted by atomic mass is 9.96. The van der Waals surface area contributed by atoms with E-state index in [1.54, 1.807) is 22.5 Å². The summed E-state index contributed by atoms with van der Waals surface area (Å²) < 4.78 is 27.6. The van der Waals surface area contributed by atoms with E-state index in [1.807, 2.05) is 0 Å². The van der Waals surface area contributed by atoms with Gasteiger partial charge in [0.25, 0.3) is 5.91 Å². The summed E-state index contributed by atoms with van der Waals surface area (Å²) in [5.74, 6) is -0.207. The monoisotopic (exact) mass is 407 g/mol. The molecule has 1 saturated heterocycles. The second-order valence-corrected chi connectivity index (χ2v) is 10.3. The molecule has 1 aromatic rings. The van der Waals surface area contributed by atoms with Crippen LogP contribution in [-0.4, -0.2) is 62.8 Å². The summed E-state index contributed by atoms with van der Waals surface area (Å²) in [6, 6.07) is 6.46. The Labute approximate surface area is 169 Å². The van der Waals surface area contributed by atoms with Gasteiger partial charge in [-0.05, 0) is 58.0 Å². The number of rotatable bonds is 6. The van der Waals surface area contributed by atoms with Crippen molar-refractivity contribution in [1.29, 1.82) is 0 Å². The van der Waals surface area contributed by atoms with Gasteiger partial charge >= 0.3 is 0 Å². The van der Waals surface area contributed by atoms with Crippen molar-refractivity contribution >= 4 is 15.9 Å². The fourth-order valence-electron chi connectivity index (χ4n) is 4.39. The summed E-state index contributed by atoms with van der Waals surface area (Å²) in [7, 11) is 0.570. The standard InChI is InChI=1S/C21H33N3O3S/c1-23(2)21(12-5-6-13-21)17-22-20(25)18-10-9-11-19(16-18)28(26,27)24-14-7-3-4-8-15-24/h9-11,16H,3-8,12-15,17H2,1-2H3,(H,22,25).